The zero-order valence-electron chi connectivity index (χ0n) is 10.3. The maximum absolute atomic E-state index is 11.8. The van der Waals surface area contributed by atoms with E-state index in [1.807, 2.05) is 13.0 Å². The fraction of sp³-hybridized carbons (Fsp3) is 0.154. The minimum absolute atomic E-state index is 0.0946. The second kappa shape index (κ2) is 6.54. The standard InChI is InChI=1S/C13H12ClN3OS/c1-9-7-10(14)3-4-11(9)17-12(18)8-19-13-15-5-2-6-16-13/h2-7H,8H2,1H3,(H,17,18). The van der Waals surface area contributed by atoms with Gasteiger partial charge >= 0.3 is 0 Å². The Morgan fingerprint density at radius 1 is 1.37 bits per heavy atom. The molecule has 1 aromatic carbocycles. The van der Waals surface area contributed by atoms with Crippen molar-refractivity contribution in [2.24, 2.45) is 0 Å². The van der Waals surface area contributed by atoms with Crippen molar-refractivity contribution in [3.8, 4) is 0 Å². The van der Waals surface area contributed by atoms with Crippen LogP contribution in [-0.4, -0.2) is 21.6 Å². The Balaban J connectivity index is 1.91. The Morgan fingerprint density at radius 3 is 2.79 bits per heavy atom. The smallest absolute Gasteiger partial charge is 0.234 e. The molecule has 4 nitrogen and oxygen atoms in total. The summed E-state index contributed by atoms with van der Waals surface area (Å²) < 4.78 is 0. The molecule has 1 aromatic heterocycles. The third kappa shape index (κ3) is 4.22. The zero-order valence-corrected chi connectivity index (χ0v) is 11.8. The lowest BCUT2D eigenvalue weighted by molar-refractivity contribution is -0.113. The van der Waals surface area contributed by atoms with Crippen molar-refractivity contribution in [1.29, 1.82) is 0 Å². The van der Waals surface area contributed by atoms with E-state index in [4.69, 9.17) is 11.6 Å². The van der Waals surface area contributed by atoms with Crippen LogP contribution in [0.5, 0.6) is 0 Å². The monoisotopic (exact) mass is 293 g/mol. The fourth-order valence-corrected chi connectivity index (χ4v) is 2.27. The number of aromatic nitrogens is 2. The second-order valence-corrected chi connectivity index (χ2v) is 5.21. The SMILES string of the molecule is Cc1cc(Cl)ccc1NC(=O)CSc1ncccn1. The van der Waals surface area contributed by atoms with Crippen molar-refractivity contribution in [2.45, 2.75) is 12.1 Å². The van der Waals surface area contributed by atoms with E-state index in [9.17, 15) is 4.79 Å². The van der Waals surface area contributed by atoms with Gasteiger partial charge in [0, 0.05) is 23.1 Å². The van der Waals surface area contributed by atoms with Gasteiger partial charge in [-0.15, -0.1) is 0 Å². The number of carbonyl (C=O) groups is 1. The number of rotatable bonds is 4. The van der Waals surface area contributed by atoms with Crippen LogP contribution in [0, 0.1) is 6.92 Å². The minimum atomic E-state index is -0.0946. The first-order chi connectivity index (χ1) is 9.15. The van der Waals surface area contributed by atoms with Crippen molar-refractivity contribution in [2.75, 3.05) is 11.1 Å². The topological polar surface area (TPSA) is 54.9 Å². The fourth-order valence-electron chi connectivity index (χ4n) is 1.44. The Hall–Kier alpha value is -1.59. The van der Waals surface area contributed by atoms with E-state index >= 15 is 0 Å². The molecule has 98 valence electrons. The molecule has 2 aromatic rings. The molecule has 2 rings (SSSR count). The summed E-state index contributed by atoms with van der Waals surface area (Å²) >= 11 is 7.16. The maximum Gasteiger partial charge on any atom is 0.234 e. The van der Waals surface area contributed by atoms with Gasteiger partial charge in [0.2, 0.25) is 5.91 Å². The van der Waals surface area contributed by atoms with Gasteiger partial charge in [-0.3, -0.25) is 4.79 Å². The van der Waals surface area contributed by atoms with Crippen LogP contribution in [0.4, 0.5) is 5.69 Å². The first kappa shape index (κ1) is 13.8. The van der Waals surface area contributed by atoms with Crippen molar-refractivity contribution in [3.63, 3.8) is 0 Å². The highest BCUT2D eigenvalue weighted by atomic mass is 35.5. The number of anilines is 1. The Morgan fingerprint density at radius 2 is 2.11 bits per heavy atom. The number of aryl methyl sites for hydroxylation is 1. The lowest BCUT2D eigenvalue weighted by Crippen LogP contribution is -2.15. The van der Waals surface area contributed by atoms with E-state index in [2.05, 4.69) is 15.3 Å². The van der Waals surface area contributed by atoms with Crippen LogP contribution in [0.25, 0.3) is 0 Å². The van der Waals surface area contributed by atoms with Crippen LogP contribution in [0.15, 0.2) is 41.8 Å². The zero-order chi connectivity index (χ0) is 13.7. The highest BCUT2D eigenvalue weighted by molar-refractivity contribution is 7.99. The summed E-state index contributed by atoms with van der Waals surface area (Å²) in [5, 5.41) is 4.08. The van der Waals surface area contributed by atoms with Crippen molar-refractivity contribution in [1.82, 2.24) is 9.97 Å². The van der Waals surface area contributed by atoms with E-state index in [0.717, 1.165) is 11.3 Å². The first-order valence-electron chi connectivity index (χ1n) is 5.61. The number of benzene rings is 1. The first-order valence-corrected chi connectivity index (χ1v) is 6.97. The summed E-state index contributed by atoms with van der Waals surface area (Å²) in [5.74, 6) is 0.175. The third-order valence-electron chi connectivity index (χ3n) is 2.34. The van der Waals surface area contributed by atoms with Gasteiger partial charge in [-0.2, -0.15) is 0 Å². The van der Waals surface area contributed by atoms with E-state index in [1.165, 1.54) is 11.8 Å². The van der Waals surface area contributed by atoms with Crippen LogP contribution in [-0.2, 0) is 4.79 Å². The molecule has 19 heavy (non-hydrogen) atoms. The number of hydrogen-bond donors (Lipinski definition) is 1. The van der Waals surface area contributed by atoms with Gasteiger partial charge in [0.1, 0.15) is 0 Å². The summed E-state index contributed by atoms with van der Waals surface area (Å²) in [6.07, 6.45) is 3.30. The number of nitrogens with zero attached hydrogens (tertiary/aromatic N) is 2. The number of amides is 1. The van der Waals surface area contributed by atoms with Crippen molar-refractivity contribution in [3.05, 3.63) is 47.2 Å². The number of hydrogen-bond acceptors (Lipinski definition) is 4. The molecule has 0 atom stereocenters. The van der Waals surface area contributed by atoms with Crippen LogP contribution < -0.4 is 5.32 Å². The molecule has 0 aliphatic rings. The molecule has 0 unspecified atom stereocenters. The van der Waals surface area contributed by atoms with Gasteiger partial charge in [-0.05, 0) is 36.8 Å². The molecule has 0 fully saturated rings. The van der Waals surface area contributed by atoms with Gasteiger partial charge in [-0.25, -0.2) is 9.97 Å². The molecule has 0 aliphatic heterocycles. The van der Waals surface area contributed by atoms with Gasteiger partial charge < -0.3 is 5.32 Å². The molecule has 0 spiro atoms. The van der Waals surface area contributed by atoms with E-state index < -0.39 is 0 Å². The highest BCUT2D eigenvalue weighted by Crippen LogP contribution is 2.20. The second-order valence-electron chi connectivity index (χ2n) is 3.83. The predicted octanol–water partition coefficient (Wildman–Crippen LogP) is 3.17. The normalized spacial score (nSPS) is 10.2. The van der Waals surface area contributed by atoms with E-state index in [0.29, 0.717) is 10.2 Å². The number of nitrogens with one attached hydrogen (secondary N) is 1. The summed E-state index contributed by atoms with van der Waals surface area (Å²) in [5.41, 5.74) is 1.70. The molecule has 1 heterocycles. The summed E-state index contributed by atoms with van der Waals surface area (Å²) in [6, 6.07) is 7.09. The number of carbonyl (C=O) groups excluding carboxylic acids is 1. The molecule has 6 heteroatoms. The Kier molecular flexibility index (Phi) is 4.76. The van der Waals surface area contributed by atoms with Crippen molar-refractivity contribution < 1.29 is 4.79 Å². The molecular weight excluding hydrogens is 282 g/mol. The molecule has 0 saturated heterocycles. The summed E-state index contributed by atoms with van der Waals surface area (Å²) in [4.78, 5) is 19.9. The lowest BCUT2D eigenvalue weighted by atomic mass is 10.2. The third-order valence-corrected chi connectivity index (χ3v) is 3.45. The van der Waals surface area contributed by atoms with Gasteiger partial charge in [-0.1, -0.05) is 23.4 Å². The number of thioether (sulfide) groups is 1. The molecule has 0 radical (unpaired) electrons. The highest BCUT2D eigenvalue weighted by Gasteiger charge is 2.07. The average molecular weight is 294 g/mol. The van der Waals surface area contributed by atoms with Crippen LogP contribution in [0.1, 0.15) is 5.56 Å². The molecule has 0 saturated carbocycles. The van der Waals surface area contributed by atoms with E-state index in [-0.39, 0.29) is 11.7 Å². The van der Waals surface area contributed by atoms with E-state index in [1.54, 1.807) is 30.6 Å². The molecule has 0 bridgehead atoms. The maximum atomic E-state index is 11.8. The molecule has 1 N–H and O–H groups in total. The average Bonchev–Trinajstić information content (AvgIpc) is 2.41. The molecular formula is C13H12ClN3OS. The van der Waals surface area contributed by atoms with Crippen LogP contribution in [0.3, 0.4) is 0 Å². The number of halogens is 1. The van der Waals surface area contributed by atoms with Crippen LogP contribution in [0.2, 0.25) is 5.02 Å². The minimum Gasteiger partial charge on any atom is -0.325 e. The lowest BCUT2D eigenvalue weighted by Gasteiger charge is -2.08. The van der Waals surface area contributed by atoms with Gasteiger partial charge in [0.15, 0.2) is 5.16 Å². The predicted molar refractivity (Wildman–Crippen MR) is 77.6 cm³/mol. The van der Waals surface area contributed by atoms with Crippen molar-refractivity contribution >= 4 is 35.0 Å². The summed E-state index contributed by atoms with van der Waals surface area (Å²) in [6.45, 7) is 1.90. The molecule has 1 amide bonds. The molecule has 0 aliphatic carbocycles. The Labute approximate surface area is 120 Å². The van der Waals surface area contributed by atoms with Gasteiger partial charge in [0.25, 0.3) is 0 Å². The van der Waals surface area contributed by atoms with Crippen LogP contribution >= 0.6 is 23.4 Å². The summed E-state index contributed by atoms with van der Waals surface area (Å²) in [7, 11) is 0. The quantitative estimate of drug-likeness (QED) is 0.695. The largest absolute Gasteiger partial charge is 0.325 e. The van der Waals surface area contributed by atoms with Gasteiger partial charge in [0.05, 0.1) is 5.75 Å². The Bertz CT molecular complexity index is 577.